The van der Waals surface area contributed by atoms with Crippen LogP contribution in [0.3, 0.4) is 0 Å². The number of nitrogens with zero attached hydrogens (tertiary/aromatic N) is 3. The third-order valence-corrected chi connectivity index (χ3v) is 3.95. The molecule has 3 heteroatoms. The minimum absolute atomic E-state index is 0.862. The number of rotatable bonds is 4. The van der Waals surface area contributed by atoms with E-state index < -0.39 is 0 Å². The number of hydrogen-bond donors (Lipinski definition) is 0. The van der Waals surface area contributed by atoms with Crippen LogP contribution in [0.4, 0.5) is 11.4 Å². The van der Waals surface area contributed by atoms with Crippen molar-refractivity contribution < 1.29 is 0 Å². The summed E-state index contributed by atoms with van der Waals surface area (Å²) in [5.41, 5.74) is 6.56. The molecule has 0 N–H and O–H groups in total. The Morgan fingerprint density at radius 3 is 1.96 bits per heavy atom. The lowest BCUT2D eigenvalue weighted by molar-refractivity contribution is 1.24. The Morgan fingerprint density at radius 2 is 1.28 bits per heavy atom. The van der Waals surface area contributed by atoms with Gasteiger partial charge in [-0.15, -0.1) is 0 Å². The zero-order valence-corrected chi connectivity index (χ0v) is 14.8. The standard InChI is InChI=1S/C22H21N3/c1-16-10-7-8-13-20(16)24-18(3)22-15-9-14-21(25-22)17(2)23-19-11-5-4-6-12-19/h4-15H,1-3H3. The summed E-state index contributed by atoms with van der Waals surface area (Å²) in [4.78, 5) is 14.1. The van der Waals surface area contributed by atoms with Crippen LogP contribution in [0.1, 0.15) is 30.8 Å². The molecule has 0 aliphatic carbocycles. The first-order valence-electron chi connectivity index (χ1n) is 8.32. The van der Waals surface area contributed by atoms with Gasteiger partial charge in [-0.3, -0.25) is 9.98 Å². The Balaban J connectivity index is 1.91. The first-order chi connectivity index (χ1) is 12.1. The molecule has 1 aromatic heterocycles. The van der Waals surface area contributed by atoms with Crippen molar-refractivity contribution in [2.45, 2.75) is 20.8 Å². The van der Waals surface area contributed by atoms with Crippen LogP contribution in [0.2, 0.25) is 0 Å². The van der Waals surface area contributed by atoms with Crippen LogP contribution < -0.4 is 0 Å². The lowest BCUT2D eigenvalue weighted by Crippen LogP contribution is -2.05. The number of aromatic nitrogens is 1. The minimum Gasteiger partial charge on any atom is -0.252 e. The molecule has 3 rings (SSSR count). The fourth-order valence-electron chi connectivity index (χ4n) is 2.52. The van der Waals surface area contributed by atoms with Crippen molar-refractivity contribution in [2.24, 2.45) is 9.98 Å². The molecule has 2 aromatic carbocycles. The fourth-order valence-corrected chi connectivity index (χ4v) is 2.52. The van der Waals surface area contributed by atoms with Crippen molar-refractivity contribution in [1.82, 2.24) is 4.98 Å². The highest BCUT2D eigenvalue weighted by Crippen LogP contribution is 2.19. The quantitative estimate of drug-likeness (QED) is 0.569. The predicted molar refractivity (Wildman–Crippen MR) is 106 cm³/mol. The van der Waals surface area contributed by atoms with Gasteiger partial charge in [-0.2, -0.15) is 0 Å². The molecule has 3 nitrogen and oxygen atoms in total. The van der Waals surface area contributed by atoms with Crippen LogP contribution in [0, 0.1) is 6.92 Å². The summed E-state index contributed by atoms with van der Waals surface area (Å²) < 4.78 is 0. The molecule has 0 aliphatic heterocycles. The van der Waals surface area contributed by atoms with Gasteiger partial charge in [0.2, 0.25) is 0 Å². The van der Waals surface area contributed by atoms with Gasteiger partial charge in [-0.1, -0.05) is 42.5 Å². The molecular formula is C22H21N3. The summed E-state index contributed by atoms with van der Waals surface area (Å²) in [5, 5.41) is 0. The van der Waals surface area contributed by atoms with Gasteiger partial charge in [0.15, 0.2) is 0 Å². The van der Waals surface area contributed by atoms with Gasteiger partial charge in [0.1, 0.15) is 0 Å². The summed E-state index contributed by atoms with van der Waals surface area (Å²) in [6.45, 7) is 6.03. The molecule has 0 saturated carbocycles. The number of benzene rings is 2. The smallest absolute Gasteiger partial charge is 0.0849 e. The van der Waals surface area contributed by atoms with Gasteiger partial charge in [-0.25, -0.2) is 4.98 Å². The van der Waals surface area contributed by atoms with Crippen LogP contribution in [-0.4, -0.2) is 16.4 Å². The van der Waals surface area contributed by atoms with Crippen LogP contribution >= 0.6 is 0 Å². The van der Waals surface area contributed by atoms with Gasteiger partial charge < -0.3 is 0 Å². The molecular weight excluding hydrogens is 306 g/mol. The average molecular weight is 327 g/mol. The van der Waals surface area contributed by atoms with Gasteiger partial charge in [0.25, 0.3) is 0 Å². The first kappa shape index (κ1) is 16.8. The van der Waals surface area contributed by atoms with Crippen molar-refractivity contribution >= 4 is 22.8 Å². The van der Waals surface area contributed by atoms with E-state index in [1.54, 1.807) is 0 Å². The maximum atomic E-state index is 4.73. The summed E-state index contributed by atoms with van der Waals surface area (Å²) >= 11 is 0. The number of aliphatic imine (C=N–C) groups is 2. The van der Waals surface area contributed by atoms with E-state index in [2.05, 4.69) is 18.0 Å². The molecule has 0 unspecified atom stereocenters. The second kappa shape index (κ2) is 7.67. The van der Waals surface area contributed by atoms with Crippen molar-refractivity contribution in [3.8, 4) is 0 Å². The highest BCUT2D eigenvalue weighted by atomic mass is 14.8. The van der Waals surface area contributed by atoms with Gasteiger partial charge in [0.05, 0.1) is 34.2 Å². The molecule has 0 bridgehead atoms. The Kier molecular flexibility index (Phi) is 5.14. The minimum atomic E-state index is 0.862. The van der Waals surface area contributed by atoms with E-state index in [1.165, 1.54) is 0 Å². The van der Waals surface area contributed by atoms with E-state index in [0.717, 1.165) is 39.7 Å². The highest BCUT2D eigenvalue weighted by molar-refractivity contribution is 6.02. The van der Waals surface area contributed by atoms with Crippen molar-refractivity contribution in [3.63, 3.8) is 0 Å². The molecule has 0 spiro atoms. The molecule has 3 aromatic rings. The van der Waals surface area contributed by atoms with Crippen LogP contribution in [-0.2, 0) is 0 Å². The van der Waals surface area contributed by atoms with E-state index >= 15 is 0 Å². The Bertz CT molecular complexity index is 925. The van der Waals surface area contributed by atoms with E-state index in [0.29, 0.717) is 0 Å². The largest absolute Gasteiger partial charge is 0.252 e. The lowest BCUT2D eigenvalue weighted by Gasteiger charge is -2.06. The second-order valence-corrected chi connectivity index (χ2v) is 5.92. The topological polar surface area (TPSA) is 37.6 Å². The van der Waals surface area contributed by atoms with Crippen LogP contribution in [0.25, 0.3) is 0 Å². The summed E-state index contributed by atoms with van der Waals surface area (Å²) in [7, 11) is 0. The molecule has 0 aliphatic rings. The Labute approximate surface area is 148 Å². The summed E-state index contributed by atoms with van der Waals surface area (Å²) in [6, 6.07) is 24.0. The molecule has 25 heavy (non-hydrogen) atoms. The zero-order valence-electron chi connectivity index (χ0n) is 14.8. The van der Waals surface area contributed by atoms with Crippen LogP contribution in [0.15, 0.2) is 82.8 Å². The monoisotopic (exact) mass is 327 g/mol. The molecule has 124 valence electrons. The normalized spacial score (nSPS) is 12.3. The zero-order chi connectivity index (χ0) is 17.6. The summed E-state index contributed by atoms with van der Waals surface area (Å²) in [6.07, 6.45) is 0. The third-order valence-electron chi connectivity index (χ3n) is 3.95. The van der Waals surface area contributed by atoms with E-state index in [1.807, 2.05) is 80.6 Å². The van der Waals surface area contributed by atoms with Gasteiger partial charge >= 0.3 is 0 Å². The van der Waals surface area contributed by atoms with Crippen molar-refractivity contribution in [3.05, 3.63) is 89.7 Å². The highest BCUT2D eigenvalue weighted by Gasteiger charge is 2.05. The maximum Gasteiger partial charge on any atom is 0.0849 e. The van der Waals surface area contributed by atoms with Gasteiger partial charge in [0, 0.05) is 0 Å². The Morgan fingerprint density at radius 1 is 0.680 bits per heavy atom. The van der Waals surface area contributed by atoms with Crippen molar-refractivity contribution in [2.75, 3.05) is 0 Å². The molecule has 1 heterocycles. The van der Waals surface area contributed by atoms with Crippen molar-refractivity contribution in [1.29, 1.82) is 0 Å². The summed E-state index contributed by atoms with van der Waals surface area (Å²) in [5.74, 6) is 0. The SMILES string of the molecule is CC(=Nc1ccccc1)c1cccc(C(C)=Nc2ccccc2C)n1. The fraction of sp³-hybridized carbons (Fsp3) is 0.136. The first-order valence-corrected chi connectivity index (χ1v) is 8.32. The number of hydrogen-bond acceptors (Lipinski definition) is 3. The molecule has 0 atom stereocenters. The Hall–Kier alpha value is -3.07. The average Bonchev–Trinajstić information content (AvgIpc) is 2.64. The maximum absolute atomic E-state index is 4.73. The molecule has 0 fully saturated rings. The van der Waals surface area contributed by atoms with E-state index in [9.17, 15) is 0 Å². The predicted octanol–water partition coefficient (Wildman–Crippen LogP) is 5.67. The van der Waals surface area contributed by atoms with Crippen LogP contribution in [0.5, 0.6) is 0 Å². The molecule has 0 radical (unpaired) electrons. The van der Waals surface area contributed by atoms with Gasteiger partial charge in [-0.05, 0) is 56.7 Å². The number of para-hydroxylation sites is 2. The van der Waals surface area contributed by atoms with E-state index in [4.69, 9.17) is 9.98 Å². The third kappa shape index (κ3) is 4.27. The second-order valence-electron chi connectivity index (χ2n) is 5.92. The van der Waals surface area contributed by atoms with E-state index in [-0.39, 0.29) is 0 Å². The lowest BCUT2D eigenvalue weighted by atomic mass is 10.2. The number of pyridine rings is 1. The molecule has 0 amide bonds. The molecule has 0 saturated heterocycles. The number of aryl methyl sites for hydroxylation is 1.